The standard InChI is InChI=1S/C21H17ClN2O3S/c1-14-6-8-15(9-7-14)13-27-19-11-10-16(12-17(19)22)21-23-18-4-2-3-5-20(18)28(25,26)24-21/h2-12H,13H2,1H3,(H,23,24). The Bertz CT molecular complexity index is 1170. The molecule has 1 N–H and O–H groups in total. The second-order valence-corrected chi connectivity index (χ2v) is 8.44. The highest BCUT2D eigenvalue weighted by molar-refractivity contribution is 7.90. The quantitative estimate of drug-likeness (QED) is 0.669. The van der Waals surface area contributed by atoms with E-state index < -0.39 is 10.0 Å². The number of hydrogen-bond acceptors (Lipinski definition) is 4. The zero-order valence-electron chi connectivity index (χ0n) is 15.0. The average Bonchev–Trinajstić information content (AvgIpc) is 2.68. The molecule has 0 atom stereocenters. The smallest absolute Gasteiger partial charge is 0.286 e. The maximum absolute atomic E-state index is 12.4. The van der Waals surface area contributed by atoms with Gasteiger partial charge in [0.2, 0.25) is 0 Å². The minimum atomic E-state index is -3.76. The van der Waals surface area contributed by atoms with Crippen molar-refractivity contribution in [2.24, 2.45) is 4.40 Å². The molecule has 142 valence electrons. The zero-order chi connectivity index (χ0) is 19.7. The van der Waals surface area contributed by atoms with Gasteiger partial charge in [0.05, 0.1) is 10.7 Å². The third kappa shape index (κ3) is 3.74. The van der Waals surface area contributed by atoms with Crippen LogP contribution in [0.4, 0.5) is 5.69 Å². The van der Waals surface area contributed by atoms with Crippen molar-refractivity contribution in [1.82, 2.24) is 0 Å². The Morgan fingerprint density at radius 1 is 1.04 bits per heavy atom. The van der Waals surface area contributed by atoms with Crippen molar-refractivity contribution < 1.29 is 13.2 Å². The summed E-state index contributed by atoms with van der Waals surface area (Å²) in [7, 11) is -3.76. The number of anilines is 1. The monoisotopic (exact) mass is 412 g/mol. The fourth-order valence-corrected chi connectivity index (χ4v) is 4.22. The maximum atomic E-state index is 12.4. The number of benzene rings is 3. The van der Waals surface area contributed by atoms with Gasteiger partial charge in [0.1, 0.15) is 17.3 Å². The van der Waals surface area contributed by atoms with Gasteiger partial charge < -0.3 is 10.1 Å². The van der Waals surface area contributed by atoms with E-state index in [1.165, 1.54) is 11.6 Å². The number of para-hydroxylation sites is 1. The third-order valence-electron chi connectivity index (χ3n) is 4.35. The number of aryl methyl sites for hydroxylation is 1. The Morgan fingerprint density at radius 3 is 2.54 bits per heavy atom. The summed E-state index contributed by atoms with van der Waals surface area (Å²) in [6, 6.07) is 19.8. The summed E-state index contributed by atoms with van der Waals surface area (Å²) in [5.74, 6) is 0.747. The predicted octanol–water partition coefficient (Wildman–Crippen LogP) is 4.79. The summed E-state index contributed by atoms with van der Waals surface area (Å²) in [5.41, 5.74) is 3.27. The number of fused-ring (bicyclic) bond motifs is 1. The van der Waals surface area contributed by atoms with Crippen molar-refractivity contribution in [3.05, 3.63) is 88.4 Å². The van der Waals surface area contributed by atoms with E-state index in [2.05, 4.69) is 9.71 Å². The molecule has 4 rings (SSSR count). The summed E-state index contributed by atoms with van der Waals surface area (Å²) in [4.78, 5) is 0.155. The molecule has 5 nitrogen and oxygen atoms in total. The van der Waals surface area contributed by atoms with E-state index in [-0.39, 0.29) is 10.7 Å². The van der Waals surface area contributed by atoms with Crippen LogP contribution in [0.15, 0.2) is 76.0 Å². The average molecular weight is 413 g/mol. The van der Waals surface area contributed by atoms with Crippen LogP contribution in [0, 0.1) is 6.92 Å². The molecule has 0 radical (unpaired) electrons. The number of nitrogens with one attached hydrogen (secondary N) is 1. The molecule has 0 aromatic heterocycles. The summed E-state index contributed by atoms with van der Waals surface area (Å²) >= 11 is 6.35. The van der Waals surface area contributed by atoms with Gasteiger partial charge >= 0.3 is 0 Å². The summed E-state index contributed by atoms with van der Waals surface area (Å²) in [6.45, 7) is 2.42. The minimum Gasteiger partial charge on any atom is -0.487 e. The van der Waals surface area contributed by atoms with Gasteiger partial charge in [-0.3, -0.25) is 0 Å². The highest BCUT2D eigenvalue weighted by atomic mass is 35.5. The van der Waals surface area contributed by atoms with Crippen LogP contribution in [0.3, 0.4) is 0 Å². The van der Waals surface area contributed by atoms with Crippen LogP contribution in [0.25, 0.3) is 0 Å². The number of sulfonamides is 1. The SMILES string of the molecule is Cc1ccc(COc2ccc(C3=NS(=O)(=O)c4ccccc4N3)cc2Cl)cc1. The Labute approximate surface area is 168 Å². The molecule has 0 bridgehead atoms. The fraction of sp³-hybridized carbons (Fsp3) is 0.0952. The van der Waals surface area contributed by atoms with E-state index in [9.17, 15) is 8.42 Å². The highest BCUT2D eigenvalue weighted by Crippen LogP contribution is 2.31. The Balaban J connectivity index is 1.56. The van der Waals surface area contributed by atoms with E-state index in [1.54, 1.807) is 36.4 Å². The van der Waals surface area contributed by atoms with Gasteiger partial charge in [-0.1, -0.05) is 53.6 Å². The molecule has 3 aromatic carbocycles. The van der Waals surface area contributed by atoms with Crippen LogP contribution < -0.4 is 10.1 Å². The van der Waals surface area contributed by atoms with Crippen LogP contribution in [-0.2, 0) is 16.6 Å². The van der Waals surface area contributed by atoms with E-state index in [4.69, 9.17) is 16.3 Å². The van der Waals surface area contributed by atoms with Crippen molar-refractivity contribution in [1.29, 1.82) is 0 Å². The molecule has 0 saturated carbocycles. The normalized spacial score (nSPS) is 14.6. The number of halogens is 1. The van der Waals surface area contributed by atoms with Crippen molar-refractivity contribution in [3.63, 3.8) is 0 Å². The van der Waals surface area contributed by atoms with Crippen LogP contribution in [0.1, 0.15) is 16.7 Å². The zero-order valence-corrected chi connectivity index (χ0v) is 16.6. The van der Waals surface area contributed by atoms with Gasteiger partial charge in [-0.25, -0.2) is 0 Å². The molecule has 0 spiro atoms. The van der Waals surface area contributed by atoms with Gasteiger partial charge in [0.15, 0.2) is 5.84 Å². The first kappa shape index (κ1) is 18.5. The van der Waals surface area contributed by atoms with E-state index in [0.717, 1.165) is 5.56 Å². The lowest BCUT2D eigenvalue weighted by Crippen LogP contribution is -2.22. The molecule has 0 fully saturated rings. The number of hydrogen-bond donors (Lipinski definition) is 1. The molecule has 0 aliphatic carbocycles. The first-order chi connectivity index (χ1) is 13.4. The van der Waals surface area contributed by atoms with Crippen molar-refractivity contribution in [3.8, 4) is 5.75 Å². The molecular weight excluding hydrogens is 396 g/mol. The molecule has 1 aliphatic rings. The lowest BCUT2D eigenvalue weighted by molar-refractivity contribution is 0.306. The number of nitrogens with zero attached hydrogens (tertiary/aromatic N) is 1. The molecule has 3 aromatic rings. The minimum absolute atomic E-state index is 0.155. The Hall–Kier alpha value is -2.83. The molecule has 1 heterocycles. The highest BCUT2D eigenvalue weighted by Gasteiger charge is 2.25. The van der Waals surface area contributed by atoms with Crippen molar-refractivity contribution in [2.75, 3.05) is 5.32 Å². The number of ether oxygens (including phenoxy) is 1. The summed E-state index contributed by atoms with van der Waals surface area (Å²) < 4.78 is 34.5. The Kier molecular flexibility index (Phi) is 4.83. The third-order valence-corrected chi connectivity index (χ3v) is 5.98. The topological polar surface area (TPSA) is 67.8 Å². The molecule has 28 heavy (non-hydrogen) atoms. The van der Waals surface area contributed by atoms with Gasteiger partial charge in [-0.05, 0) is 42.8 Å². The molecule has 7 heteroatoms. The first-order valence-electron chi connectivity index (χ1n) is 8.62. The van der Waals surface area contributed by atoms with Gasteiger partial charge in [-0.15, -0.1) is 4.40 Å². The first-order valence-corrected chi connectivity index (χ1v) is 10.4. The molecular formula is C21H17ClN2O3S. The fourth-order valence-electron chi connectivity index (χ4n) is 2.85. The van der Waals surface area contributed by atoms with Crippen molar-refractivity contribution >= 4 is 33.1 Å². The van der Waals surface area contributed by atoms with E-state index in [0.29, 0.717) is 28.6 Å². The van der Waals surface area contributed by atoms with Crippen LogP contribution in [-0.4, -0.2) is 14.3 Å². The van der Waals surface area contributed by atoms with E-state index >= 15 is 0 Å². The lowest BCUT2D eigenvalue weighted by Gasteiger charge is -2.18. The van der Waals surface area contributed by atoms with Gasteiger partial charge in [0, 0.05) is 5.56 Å². The second kappa shape index (κ2) is 7.30. The van der Waals surface area contributed by atoms with Gasteiger partial charge in [0.25, 0.3) is 10.0 Å². The molecule has 0 unspecified atom stereocenters. The molecule has 0 amide bonds. The lowest BCUT2D eigenvalue weighted by atomic mass is 10.1. The molecule has 0 saturated heterocycles. The van der Waals surface area contributed by atoms with Crippen molar-refractivity contribution in [2.45, 2.75) is 18.4 Å². The predicted molar refractivity (Wildman–Crippen MR) is 111 cm³/mol. The number of amidine groups is 1. The molecule has 1 aliphatic heterocycles. The van der Waals surface area contributed by atoms with Crippen LogP contribution in [0.5, 0.6) is 5.75 Å². The Morgan fingerprint density at radius 2 is 1.79 bits per heavy atom. The van der Waals surface area contributed by atoms with Gasteiger partial charge in [-0.2, -0.15) is 8.42 Å². The largest absolute Gasteiger partial charge is 0.487 e. The maximum Gasteiger partial charge on any atom is 0.286 e. The summed E-state index contributed by atoms with van der Waals surface area (Å²) in [6.07, 6.45) is 0. The summed E-state index contributed by atoms with van der Waals surface area (Å²) in [5, 5.41) is 3.43. The van der Waals surface area contributed by atoms with Crippen LogP contribution in [0.2, 0.25) is 5.02 Å². The van der Waals surface area contributed by atoms with Crippen LogP contribution >= 0.6 is 11.6 Å². The number of rotatable bonds is 4. The second-order valence-electron chi connectivity index (χ2n) is 6.46. The van der Waals surface area contributed by atoms with E-state index in [1.807, 2.05) is 31.2 Å².